The average Bonchev–Trinajstić information content (AvgIpc) is 3.30. The van der Waals surface area contributed by atoms with Gasteiger partial charge in [-0.15, -0.1) is 0 Å². The van der Waals surface area contributed by atoms with Crippen molar-refractivity contribution >= 4 is 23.9 Å². The Bertz CT molecular complexity index is 1540. The Morgan fingerprint density at radius 2 is 1.86 bits per heavy atom. The summed E-state index contributed by atoms with van der Waals surface area (Å²) in [5, 5.41) is 32.1. The van der Waals surface area contributed by atoms with E-state index in [0.717, 1.165) is 12.5 Å². The van der Waals surface area contributed by atoms with Gasteiger partial charge in [-0.3, -0.25) is 9.59 Å². The van der Waals surface area contributed by atoms with Crippen LogP contribution in [0.5, 0.6) is 11.5 Å². The Morgan fingerprint density at radius 3 is 2.57 bits per heavy atom. The number of carbonyl (C=O) groups is 4. The van der Waals surface area contributed by atoms with E-state index in [-0.39, 0.29) is 35.2 Å². The van der Waals surface area contributed by atoms with Gasteiger partial charge in [0.05, 0.1) is 17.4 Å². The van der Waals surface area contributed by atoms with Gasteiger partial charge in [-0.25, -0.2) is 9.59 Å². The van der Waals surface area contributed by atoms with Crippen molar-refractivity contribution in [3.05, 3.63) is 83.1 Å². The minimum atomic E-state index is -1.80. The Morgan fingerprint density at radius 1 is 1.10 bits per heavy atom. The maximum atomic E-state index is 13.7. The summed E-state index contributed by atoms with van der Waals surface area (Å²) in [6, 6.07) is 11.4. The molecule has 11 heteroatoms. The van der Waals surface area contributed by atoms with E-state index in [2.05, 4.69) is 4.74 Å². The van der Waals surface area contributed by atoms with Gasteiger partial charge >= 0.3 is 23.9 Å². The fourth-order valence-corrected chi connectivity index (χ4v) is 6.76. The molecule has 0 fully saturated rings. The lowest BCUT2D eigenvalue weighted by Crippen LogP contribution is -2.66. The van der Waals surface area contributed by atoms with E-state index in [1.165, 1.54) is 12.1 Å². The van der Waals surface area contributed by atoms with E-state index in [4.69, 9.17) is 14.2 Å². The number of hydrogen-bond acceptors (Lipinski definition) is 10. The van der Waals surface area contributed by atoms with Crippen molar-refractivity contribution in [1.29, 1.82) is 0 Å². The first-order chi connectivity index (χ1) is 20.0. The molecule has 6 rings (SSSR count). The molecule has 1 heterocycles. The van der Waals surface area contributed by atoms with Crippen LogP contribution in [0.25, 0.3) is 0 Å². The smallest absolute Gasteiger partial charge is 0.357 e. The topological polar surface area (TPSA) is 166 Å². The Hall–Kier alpha value is -4.64. The Labute approximate surface area is 240 Å². The fraction of sp³-hybridized carbons (Fsp3) is 0.355. The van der Waals surface area contributed by atoms with Crippen LogP contribution in [0.1, 0.15) is 49.0 Å². The monoisotopic (exact) mass is 576 g/mol. The van der Waals surface area contributed by atoms with Crippen LogP contribution in [0.2, 0.25) is 0 Å². The number of aliphatic hydroxyl groups is 1. The highest BCUT2D eigenvalue weighted by Crippen LogP contribution is 2.65. The van der Waals surface area contributed by atoms with Crippen molar-refractivity contribution in [2.24, 2.45) is 5.92 Å². The number of phenols is 1. The van der Waals surface area contributed by atoms with Crippen LogP contribution >= 0.6 is 0 Å². The van der Waals surface area contributed by atoms with Crippen LogP contribution in [0.4, 0.5) is 0 Å². The fourth-order valence-electron chi connectivity index (χ4n) is 6.76. The van der Waals surface area contributed by atoms with Crippen molar-refractivity contribution in [3.8, 4) is 11.5 Å². The summed E-state index contributed by atoms with van der Waals surface area (Å²) < 4.78 is 22.2. The molecule has 1 spiro atoms. The third-order valence-electron chi connectivity index (χ3n) is 8.54. The highest BCUT2D eigenvalue weighted by atomic mass is 16.6. The van der Waals surface area contributed by atoms with Gasteiger partial charge in [0.25, 0.3) is 0 Å². The molecule has 2 aromatic rings. The summed E-state index contributed by atoms with van der Waals surface area (Å²) in [5.74, 6) is -4.46. The quantitative estimate of drug-likeness (QED) is 0.240. The second kappa shape index (κ2) is 10.0. The van der Waals surface area contributed by atoms with Gasteiger partial charge in [0.15, 0.2) is 17.6 Å². The standard InChI is InChI=1S/C31H28O11/c1-16(32)39-22(28(35)36)15-23(34)41-25(17-6-3-2-4-7-17)29(37)40-21-11-13-31(38)19-8-5-12-30(31)24-18(14-19)9-10-20(33)26(24)42-27(21)30/h2-7,9-12,19,22,25,27,33,38H,8,13-15H2,1H3,(H,35,36)/t19-,22+,25+,27+,30+,31-/m1/s1. The zero-order chi connectivity index (χ0) is 29.8. The van der Waals surface area contributed by atoms with Crippen molar-refractivity contribution in [1.82, 2.24) is 0 Å². The van der Waals surface area contributed by atoms with E-state index in [9.17, 15) is 34.5 Å². The van der Waals surface area contributed by atoms with E-state index in [0.29, 0.717) is 18.4 Å². The first-order valence-corrected chi connectivity index (χ1v) is 13.5. The predicted molar refractivity (Wildman–Crippen MR) is 142 cm³/mol. The van der Waals surface area contributed by atoms with Gasteiger partial charge in [-0.2, -0.15) is 0 Å². The predicted octanol–water partition coefficient (Wildman–Crippen LogP) is 2.78. The molecule has 2 aromatic carbocycles. The summed E-state index contributed by atoms with van der Waals surface area (Å²) in [5.41, 5.74) is -0.497. The molecule has 2 bridgehead atoms. The molecule has 6 atom stereocenters. The number of rotatable bonds is 8. The number of ether oxygens (including phenoxy) is 4. The molecular weight excluding hydrogens is 548 g/mol. The number of phenolic OH excluding ortho intramolecular Hbond substituents is 1. The summed E-state index contributed by atoms with van der Waals surface area (Å²) in [4.78, 5) is 49.2. The normalized spacial score (nSPS) is 27.4. The number of carboxylic acid groups (broad SMARTS) is 1. The molecule has 0 amide bonds. The van der Waals surface area contributed by atoms with Gasteiger partial charge < -0.3 is 34.3 Å². The van der Waals surface area contributed by atoms with Crippen molar-refractivity contribution in [3.63, 3.8) is 0 Å². The third kappa shape index (κ3) is 4.14. The van der Waals surface area contributed by atoms with Gasteiger partial charge in [0, 0.05) is 18.1 Å². The van der Waals surface area contributed by atoms with Gasteiger partial charge in [-0.1, -0.05) is 48.6 Å². The maximum absolute atomic E-state index is 13.7. The molecular formula is C31H28O11. The average molecular weight is 577 g/mol. The second-order valence-corrected chi connectivity index (χ2v) is 10.9. The van der Waals surface area contributed by atoms with Gasteiger partial charge in [0.1, 0.15) is 5.76 Å². The number of hydrogen-bond donors (Lipinski definition) is 3. The highest BCUT2D eigenvalue weighted by Gasteiger charge is 2.69. The van der Waals surface area contributed by atoms with Crippen LogP contribution in [0.3, 0.4) is 0 Å². The summed E-state index contributed by atoms with van der Waals surface area (Å²) in [7, 11) is 0. The first-order valence-electron chi connectivity index (χ1n) is 13.5. The van der Waals surface area contributed by atoms with Crippen LogP contribution in [-0.4, -0.2) is 57.0 Å². The van der Waals surface area contributed by atoms with Crippen molar-refractivity contribution in [2.75, 3.05) is 0 Å². The van der Waals surface area contributed by atoms with Gasteiger partial charge in [-0.05, 0) is 42.9 Å². The molecule has 3 N–H and O–H groups in total. The molecule has 0 saturated heterocycles. The molecule has 218 valence electrons. The molecule has 4 aliphatic rings. The lowest BCUT2D eigenvalue weighted by atomic mass is 9.49. The lowest BCUT2D eigenvalue weighted by molar-refractivity contribution is -0.174. The zero-order valence-electron chi connectivity index (χ0n) is 22.5. The number of esters is 3. The third-order valence-corrected chi connectivity index (χ3v) is 8.54. The summed E-state index contributed by atoms with van der Waals surface area (Å²) in [6.07, 6.45) is 1.61. The minimum absolute atomic E-state index is 0.0822. The minimum Gasteiger partial charge on any atom is -0.504 e. The largest absolute Gasteiger partial charge is 0.504 e. The molecule has 1 aliphatic heterocycles. The van der Waals surface area contributed by atoms with Crippen LogP contribution in [0.15, 0.2) is 66.5 Å². The molecule has 0 aromatic heterocycles. The lowest BCUT2D eigenvalue weighted by Gasteiger charge is -2.56. The molecule has 0 unspecified atom stereocenters. The molecule has 11 nitrogen and oxygen atoms in total. The molecule has 3 aliphatic carbocycles. The van der Waals surface area contributed by atoms with E-state index in [1.807, 2.05) is 18.2 Å². The van der Waals surface area contributed by atoms with E-state index in [1.54, 1.807) is 30.3 Å². The van der Waals surface area contributed by atoms with Crippen LogP contribution in [0, 0.1) is 5.92 Å². The first kappa shape index (κ1) is 27.5. The number of allylic oxidation sites excluding steroid dienone is 1. The molecule has 0 radical (unpaired) electrons. The van der Waals surface area contributed by atoms with Gasteiger partial charge in [0.2, 0.25) is 12.2 Å². The number of aliphatic carboxylic acids is 1. The second-order valence-electron chi connectivity index (χ2n) is 10.9. The Kier molecular flexibility index (Phi) is 6.57. The molecule has 42 heavy (non-hydrogen) atoms. The molecule has 0 saturated carbocycles. The zero-order valence-corrected chi connectivity index (χ0v) is 22.5. The van der Waals surface area contributed by atoms with E-state index < -0.39 is 59.6 Å². The Balaban J connectivity index is 1.31. The number of aromatic hydroxyl groups is 1. The number of carbonyl (C=O) groups excluding carboxylic acids is 3. The van der Waals surface area contributed by atoms with Crippen molar-refractivity contribution in [2.45, 2.75) is 61.9 Å². The number of carboxylic acids is 1. The van der Waals surface area contributed by atoms with Crippen LogP contribution < -0.4 is 4.74 Å². The summed E-state index contributed by atoms with van der Waals surface area (Å²) >= 11 is 0. The SMILES string of the molecule is CC(=O)O[C@@H](CC(=O)O[C@H](C(=O)OC1=CC[C@@]2(O)[C@@H]3CC=C[C@@]24c2c(ccc(O)c2O[C@@H]14)C3)c1ccccc1)C(=O)O. The van der Waals surface area contributed by atoms with Crippen LogP contribution in [-0.2, 0) is 45.2 Å². The highest BCUT2D eigenvalue weighted by molar-refractivity contribution is 5.85. The maximum Gasteiger partial charge on any atom is 0.357 e. The number of benzene rings is 2. The van der Waals surface area contributed by atoms with E-state index >= 15 is 0 Å². The van der Waals surface area contributed by atoms with Crippen molar-refractivity contribution < 1.29 is 53.4 Å². The summed E-state index contributed by atoms with van der Waals surface area (Å²) in [6.45, 7) is 1.01.